The topological polar surface area (TPSA) is 55.1 Å². The highest BCUT2D eigenvalue weighted by molar-refractivity contribution is 5.89. The smallest absolute Gasteiger partial charge is 0.240 e. The Morgan fingerprint density at radius 1 is 1.27 bits per heavy atom. The van der Waals surface area contributed by atoms with E-state index in [1.807, 2.05) is 0 Å². The Kier molecular flexibility index (Phi) is 2.01. The summed E-state index contributed by atoms with van der Waals surface area (Å²) in [4.78, 5) is 11.6. The number of amides is 1. The summed E-state index contributed by atoms with van der Waals surface area (Å²) in [6.07, 6.45) is 1.69. The molecule has 0 aromatic rings. The van der Waals surface area contributed by atoms with Crippen LogP contribution in [-0.2, 0) is 4.79 Å². The number of carbonyl (C=O) groups is 1. The zero-order chi connectivity index (χ0) is 11.5. The van der Waals surface area contributed by atoms with Gasteiger partial charge in [0, 0.05) is 6.54 Å². The monoisotopic (exact) mass is 210 g/mol. The Bertz CT molecular complexity index is 289. The fourth-order valence-corrected chi connectivity index (χ4v) is 2.58. The van der Waals surface area contributed by atoms with Crippen LogP contribution in [0.1, 0.15) is 40.5 Å². The zero-order valence-corrected chi connectivity index (χ0v) is 10.2. The maximum absolute atomic E-state index is 11.6. The van der Waals surface area contributed by atoms with Crippen molar-refractivity contribution >= 4 is 5.91 Å². The highest BCUT2D eigenvalue weighted by Gasteiger charge is 2.64. The van der Waals surface area contributed by atoms with E-state index in [4.69, 9.17) is 5.73 Å². The maximum Gasteiger partial charge on any atom is 0.240 e. The predicted molar refractivity (Wildman–Crippen MR) is 60.2 cm³/mol. The van der Waals surface area contributed by atoms with Crippen molar-refractivity contribution in [1.29, 1.82) is 0 Å². The molecule has 0 bridgehead atoms. The lowest BCUT2D eigenvalue weighted by atomic mass is 10.0. The van der Waals surface area contributed by atoms with Gasteiger partial charge in [0.2, 0.25) is 5.91 Å². The maximum atomic E-state index is 11.6. The fraction of sp³-hybridized carbons (Fsp3) is 0.917. The van der Waals surface area contributed by atoms with E-state index in [0.29, 0.717) is 16.7 Å². The van der Waals surface area contributed by atoms with Gasteiger partial charge in [-0.05, 0) is 29.6 Å². The first-order chi connectivity index (χ1) is 6.72. The molecule has 3 N–H and O–H groups in total. The molecule has 0 saturated heterocycles. The average Bonchev–Trinajstić information content (AvgIpc) is 2.91. The van der Waals surface area contributed by atoms with Crippen molar-refractivity contribution in [3.05, 3.63) is 0 Å². The number of hydrogen-bond acceptors (Lipinski definition) is 2. The lowest BCUT2D eigenvalue weighted by Crippen LogP contribution is -2.43. The average molecular weight is 210 g/mol. The SMILES string of the molecule is CC1(C)C(CNC(=O)C2(N)CC2)C1(C)C. The highest BCUT2D eigenvalue weighted by atomic mass is 16.2. The third kappa shape index (κ3) is 1.48. The van der Waals surface area contributed by atoms with Crippen LogP contribution in [0, 0.1) is 16.7 Å². The van der Waals surface area contributed by atoms with E-state index < -0.39 is 5.54 Å². The lowest BCUT2D eigenvalue weighted by molar-refractivity contribution is -0.123. The number of hydrogen-bond donors (Lipinski definition) is 2. The first kappa shape index (κ1) is 10.9. The molecule has 0 atom stereocenters. The molecule has 15 heavy (non-hydrogen) atoms. The minimum Gasteiger partial charge on any atom is -0.354 e. The van der Waals surface area contributed by atoms with Gasteiger partial charge >= 0.3 is 0 Å². The third-order valence-electron chi connectivity index (χ3n) is 5.03. The Balaban J connectivity index is 1.83. The summed E-state index contributed by atoms with van der Waals surface area (Å²) in [7, 11) is 0. The van der Waals surface area contributed by atoms with Crippen molar-refractivity contribution < 1.29 is 4.79 Å². The van der Waals surface area contributed by atoms with E-state index >= 15 is 0 Å². The van der Waals surface area contributed by atoms with Crippen molar-refractivity contribution in [2.75, 3.05) is 6.54 Å². The molecular weight excluding hydrogens is 188 g/mol. The van der Waals surface area contributed by atoms with Crippen molar-refractivity contribution in [3.63, 3.8) is 0 Å². The Hall–Kier alpha value is -0.570. The summed E-state index contributed by atoms with van der Waals surface area (Å²) in [6.45, 7) is 9.83. The van der Waals surface area contributed by atoms with Gasteiger partial charge in [0.25, 0.3) is 0 Å². The Morgan fingerprint density at radius 3 is 2.07 bits per heavy atom. The highest BCUT2D eigenvalue weighted by Crippen LogP contribution is 2.67. The molecule has 0 unspecified atom stereocenters. The number of rotatable bonds is 3. The van der Waals surface area contributed by atoms with Crippen LogP contribution in [0.4, 0.5) is 0 Å². The van der Waals surface area contributed by atoms with E-state index in [1.165, 1.54) is 0 Å². The molecule has 0 aromatic heterocycles. The van der Waals surface area contributed by atoms with Crippen LogP contribution in [-0.4, -0.2) is 18.0 Å². The largest absolute Gasteiger partial charge is 0.354 e. The van der Waals surface area contributed by atoms with Gasteiger partial charge in [-0.25, -0.2) is 0 Å². The Labute approximate surface area is 91.8 Å². The summed E-state index contributed by atoms with van der Waals surface area (Å²) >= 11 is 0. The molecule has 2 rings (SSSR count). The first-order valence-corrected chi connectivity index (χ1v) is 5.79. The molecule has 86 valence electrons. The summed E-state index contributed by atoms with van der Waals surface area (Å²) in [5.74, 6) is 0.622. The molecule has 0 heterocycles. The van der Waals surface area contributed by atoms with Crippen LogP contribution in [0.3, 0.4) is 0 Å². The van der Waals surface area contributed by atoms with E-state index in [9.17, 15) is 4.79 Å². The summed E-state index contributed by atoms with van der Waals surface area (Å²) in [6, 6.07) is 0. The number of carbonyl (C=O) groups excluding carboxylic acids is 1. The van der Waals surface area contributed by atoms with Gasteiger partial charge in [0.1, 0.15) is 0 Å². The van der Waals surface area contributed by atoms with Crippen LogP contribution >= 0.6 is 0 Å². The van der Waals surface area contributed by atoms with Gasteiger partial charge in [-0.2, -0.15) is 0 Å². The van der Waals surface area contributed by atoms with Gasteiger partial charge in [-0.1, -0.05) is 27.7 Å². The summed E-state index contributed by atoms with van der Waals surface area (Å²) < 4.78 is 0. The minimum absolute atomic E-state index is 0.0426. The molecule has 0 aliphatic heterocycles. The molecule has 1 amide bonds. The molecule has 2 aliphatic rings. The van der Waals surface area contributed by atoms with Crippen molar-refractivity contribution in [2.45, 2.75) is 46.1 Å². The lowest BCUT2D eigenvalue weighted by Gasteiger charge is -2.10. The van der Waals surface area contributed by atoms with Gasteiger partial charge in [-0.15, -0.1) is 0 Å². The number of nitrogens with two attached hydrogens (primary N) is 1. The van der Waals surface area contributed by atoms with Crippen molar-refractivity contribution in [3.8, 4) is 0 Å². The molecule has 0 aromatic carbocycles. The fourth-order valence-electron chi connectivity index (χ4n) is 2.58. The molecule has 2 saturated carbocycles. The van der Waals surface area contributed by atoms with E-state index in [2.05, 4.69) is 33.0 Å². The van der Waals surface area contributed by atoms with Crippen molar-refractivity contribution in [2.24, 2.45) is 22.5 Å². The summed E-state index contributed by atoms with van der Waals surface area (Å²) in [5, 5.41) is 2.99. The van der Waals surface area contributed by atoms with Crippen LogP contribution in [0.2, 0.25) is 0 Å². The second-order valence-corrected chi connectivity index (χ2v) is 6.36. The van der Waals surface area contributed by atoms with Crippen LogP contribution in [0.5, 0.6) is 0 Å². The van der Waals surface area contributed by atoms with Crippen LogP contribution in [0.25, 0.3) is 0 Å². The second-order valence-electron chi connectivity index (χ2n) is 6.36. The second kappa shape index (κ2) is 2.76. The van der Waals surface area contributed by atoms with E-state index in [1.54, 1.807) is 0 Å². The minimum atomic E-state index is -0.525. The molecular formula is C12H22N2O. The molecule has 0 radical (unpaired) electrons. The zero-order valence-electron chi connectivity index (χ0n) is 10.2. The Morgan fingerprint density at radius 2 is 1.73 bits per heavy atom. The van der Waals surface area contributed by atoms with Gasteiger partial charge in [0.05, 0.1) is 5.54 Å². The normalized spacial score (nSPS) is 29.7. The molecule has 2 aliphatic carbocycles. The van der Waals surface area contributed by atoms with Gasteiger partial charge < -0.3 is 11.1 Å². The standard InChI is InChI=1S/C12H22N2O/c1-10(2)8(11(10,3)4)7-14-9(15)12(13)5-6-12/h8H,5-7,13H2,1-4H3,(H,14,15). The first-order valence-electron chi connectivity index (χ1n) is 5.79. The van der Waals surface area contributed by atoms with Crippen LogP contribution in [0.15, 0.2) is 0 Å². The van der Waals surface area contributed by atoms with E-state index in [-0.39, 0.29) is 5.91 Å². The molecule has 3 nitrogen and oxygen atoms in total. The van der Waals surface area contributed by atoms with Crippen LogP contribution < -0.4 is 11.1 Å². The third-order valence-corrected chi connectivity index (χ3v) is 5.03. The molecule has 0 spiro atoms. The summed E-state index contributed by atoms with van der Waals surface area (Å²) in [5.41, 5.74) is 5.97. The number of nitrogens with one attached hydrogen (secondary N) is 1. The predicted octanol–water partition coefficient (Wildman–Crippen LogP) is 1.28. The van der Waals surface area contributed by atoms with E-state index in [0.717, 1.165) is 19.4 Å². The van der Waals surface area contributed by atoms with Crippen molar-refractivity contribution in [1.82, 2.24) is 5.32 Å². The molecule has 3 heteroatoms. The molecule has 2 fully saturated rings. The van der Waals surface area contributed by atoms with Gasteiger partial charge in [-0.3, -0.25) is 4.79 Å². The quantitative estimate of drug-likeness (QED) is 0.737. The van der Waals surface area contributed by atoms with Gasteiger partial charge in [0.15, 0.2) is 0 Å².